The SMILES string of the molecule is CN(C(=O)N(C)C1CN(c2nnc(C3CCN(C(=O)OC(C)(C)C)CC3)o2)CC1c1ccc(F)cc1)c1cc(C(F)(F)F)cc(C(F)(F)F)c1. The predicted molar refractivity (Wildman–Crippen MR) is 167 cm³/mol. The van der Waals surface area contributed by atoms with Crippen molar-refractivity contribution < 1.29 is 49.5 Å². The number of piperidine rings is 1. The first-order chi connectivity index (χ1) is 23.2. The first-order valence-corrected chi connectivity index (χ1v) is 15.8. The van der Waals surface area contributed by atoms with Crippen molar-refractivity contribution in [2.45, 2.75) is 69.4 Å². The summed E-state index contributed by atoms with van der Waals surface area (Å²) in [7, 11) is 2.48. The highest BCUT2D eigenvalue weighted by Crippen LogP contribution is 2.40. The van der Waals surface area contributed by atoms with Gasteiger partial charge < -0.3 is 23.9 Å². The number of benzene rings is 2. The van der Waals surface area contributed by atoms with Crippen molar-refractivity contribution in [1.29, 1.82) is 0 Å². The molecule has 2 aliphatic heterocycles. The topological polar surface area (TPSA) is 95.3 Å². The van der Waals surface area contributed by atoms with E-state index in [0.29, 0.717) is 49.5 Å². The van der Waals surface area contributed by atoms with E-state index in [9.17, 15) is 40.3 Å². The van der Waals surface area contributed by atoms with Crippen molar-refractivity contribution >= 4 is 23.8 Å². The van der Waals surface area contributed by atoms with Gasteiger partial charge in [-0.1, -0.05) is 17.2 Å². The van der Waals surface area contributed by atoms with Crippen LogP contribution in [0.1, 0.15) is 68.0 Å². The van der Waals surface area contributed by atoms with Gasteiger partial charge in [-0.05, 0) is 69.5 Å². The van der Waals surface area contributed by atoms with Gasteiger partial charge in [0.2, 0.25) is 5.89 Å². The Kier molecular flexibility index (Phi) is 10.0. The van der Waals surface area contributed by atoms with Crippen molar-refractivity contribution in [2.75, 3.05) is 50.1 Å². The lowest BCUT2D eigenvalue weighted by molar-refractivity contribution is -0.143. The number of rotatable bonds is 5. The van der Waals surface area contributed by atoms with Crippen molar-refractivity contribution in [3.63, 3.8) is 0 Å². The third-order valence-electron chi connectivity index (χ3n) is 8.83. The summed E-state index contributed by atoms with van der Waals surface area (Å²) in [5.74, 6) is -0.751. The Hall–Kier alpha value is -4.57. The number of alkyl halides is 6. The van der Waals surface area contributed by atoms with E-state index in [-0.39, 0.29) is 31.1 Å². The Labute approximate surface area is 283 Å². The molecule has 5 rings (SSSR count). The number of carbonyl (C=O) groups is 2. The van der Waals surface area contributed by atoms with Crippen molar-refractivity contribution in [3.8, 4) is 0 Å². The molecule has 3 amide bonds. The highest BCUT2D eigenvalue weighted by Gasteiger charge is 2.42. The van der Waals surface area contributed by atoms with Crippen LogP contribution in [0.2, 0.25) is 0 Å². The van der Waals surface area contributed by atoms with Crippen LogP contribution in [0.3, 0.4) is 0 Å². The number of amides is 3. The zero-order chi connectivity index (χ0) is 36.8. The second-order valence-electron chi connectivity index (χ2n) is 13.5. The van der Waals surface area contributed by atoms with Gasteiger partial charge in [0.15, 0.2) is 0 Å². The van der Waals surface area contributed by atoms with Gasteiger partial charge in [0.05, 0.1) is 17.2 Å². The molecule has 0 spiro atoms. The summed E-state index contributed by atoms with van der Waals surface area (Å²) >= 11 is 0. The number of nitrogens with zero attached hydrogens (tertiary/aromatic N) is 6. The molecule has 0 bridgehead atoms. The monoisotopic (exact) mass is 714 g/mol. The molecule has 2 atom stereocenters. The highest BCUT2D eigenvalue weighted by molar-refractivity contribution is 5.92. The fourth-order valence-electron chi connectivity index (χ4n) is 6.15. The highest BCUT2D eigenvalue weighted by atomic mass is 19.4. The van der Waals surface area contributed by atoms with E-state index in [1.54, 1.807) is 42.7 Å². The number of ether oxygens (including phenoxy) is 1. The third-order valence-corrected chi connectivity index (χ3v) is 8.83. The molecule has 2 unspecified atom stereocenters. The third kappa shape index (κ3) is 8.24. The number of hydrogen-bond donors (Lipinski definition) is 0. The zero-order valence-corrected chi connectivity index (χ0v) is 28.0. The molecular weight excluding hydrogens is 677 g/mol. The maximum absolute atomic E-state index is 13.8. The molecule has 2 aromatic carbocycles. The molecule has 0 N–H and O–H groups in total. The molecule has 50 heavy (non-hydrogen) atoms. The van der Waals surface area contributed by atoms with Gasteiger partial charge in [0, 0.05) is 57.8 Å². The molecule has 3 heterocycles. The molecule has 0 radical (unpaired) electrons. The molecule has 0 aliphatic carbocycles. The van der Waals surface area contributed by atoms with E-state index < -0.39 is 64.7 Å². The molecule has 10 nitrogen and oxygen atoms in total. The lowest BCUT2D eigenvalue weighted by atomic mass is 9.93. The fourth-order valence-corrected chi connectivity index (χ4v) is 6.15. The molecular formula is C33H37F7N6O4. The largest absolute Gasteiger partial charge is 0.444 e. The summed E-state index contributed by atoms with van der Waals surface area (Å²) in [6.45, 7) is 6.54. The minimum absolute atomic E-state index is 0.00600. The average Bonchev–Trinajstić information content (AvgIpc) is 3.71. The Morgan fingerprint density at radius 1 is 0.880 bits per heavy atom. The minimum atomic E-state index is -5.09. The second-order valence-corrected chi connectivity index (χ2v) is 13.5. The van der Waals surface area contributed by atoms with Gasteiger partial charge in [-0.2, -0.15) is 26.3 Å². The molecule has 3 aromatic rings. The second kappa shape index (κ2) is 13.6. The van der Waals surface area contributed by atoms with Crippen molar-refractivity contribution in [1.82, 2.24) is 20.0 Å². The molecule has 2 saturated heterocycles. The van der Waals surface area contributed by atoms with Crippen LogP contribution >= 0.6 is 0 Å². The maximum atomic E-state index is 13.8. The molecule has 1 aromatic heterocycles. The summed E-state index contributed by atoms with van der Waals surface area (Å²) in [6.07, 6.45) is -9.49. The zero-order valence-electron chi connectivity index (χ0n) is 28.0. The minimum Gasteiger partial charge on any atom is -0.444 e. The molecule has 272 valence electrons. The normalized spacial score (nSPS) is 19.1. The fraction of sp³-hybridized carbons (Fsp3) is 0.515. The van der Waals surface area contributed by atoms with E-state index in [2.05, 4.69) is 10.2 Å². The van der Waals surface area contributed by atoms with E-state index in [1.165, 1.54) is 24.1 Å². The van der Waals surface area contributed by atoms with E-state index in [0.717, 1.165) is 11.9 Å². The molecule has 2 aliphatic rings. The number of aromatic nitrogens is 2. The molecule has 0 saturated carbocycles. The summed E-state index contributed by atoms with van der Waals surface area (Å²) in [5.41, 5.74) is -3.70. The maximum Gasteiger partial charge on any atom is 0.416 e. The number of likely N-dealkylation sites (tertiary alicyclic amines) is 1. The van der Waals surface area contributed by atoms with Crippen LogP contribution in [0.25, 0.3) is 0 Å². The van der Waals surface area contributed by atoms with Crippen LogP contribution in [0.15, 0.2) is 46.9 Å². The lowest BCUT2D eigenvalue weighted by Crippen LogP contribution is -2.47. The Bertz CT molecular complexity index is 1650. The van der Waals surface area contributed by atoms with Gasteiger partial charge in [0.25, 0.3) is 0 Å². The lowest BCUT2D eigenvalue weighted by Gasteiger charge is -2.33. The summed E-state index contributed by atoms with van der Waals surface area (Å²) in [5, 5.41) is 8.46. The van der Waals surface area contributed by atoms with Gasteiger partial charge in [-0.25, -0.2) is 14.0 Å². The quantitative estimate of drug-likeness (QED) is 0.253. The van der Waals surface area contributed by atoms with E-state index in [1.807, 2.05) is 0 Å². The van der Waals surface area contributed by atoms with Crippen LogP contribution in [-0.4, -0.2) is 84.0 Å². The van der Waals surface area contributed by atoms with Gasteiger partial charge >= 0.3 is 30.5 Å². The number of halogens is 7. The first-order valence-electron chi connectivity index (χ1n) is 15.8. The van der Waals surface area contributed by atoms with Crippen molar-refractivity contribution in [2.24, 2.45) is 0 Å². The van der Waals surface area contributed by atoms with Gasteiger partial charge in [-0.3, -0.25) is 4.90 Å². The van der Waals surface area contributed by atoms with Crippen LogP contribution in [0, 0.1) is 5.82 Å². The van der Waals surface area contributed by atoms with Crippen LogP contribution < -0.4 is 9.80 Å². The average molecular weight is 715 g/mol. The summed E-state index contributed by atoms with van der Waals surface area (Å²) < 4.78 is 107. The van der Waals surface area contributed by atoms with Crippen LogP contribution in [0.5, 0.6) is 0 Å². The number of likely N-dealkylation sites (N-methyl/N-ethyl adjacent to an activating group) is 1. The van der Waals surface area contributed by atoms with Crippen LogP contribution in [0.4, 0.5) is 52.0 Å². The summed E-state index contributed by atoms with van der Waals surface area (Å²) in [4.78, 5) is 31.5. The number of hydrogen-bond acceptors (Lipinski definition) is 7. The molecule has 17 heteroatoms. The Morgan fingerprint density at radius 3 is 2.00 bits per heavy atom. The van der Waals surface area contributed by atoms with Crippen LogP contribution in [-0.2, 0) is 17.1 Å². The van der Waals surface area contributed by atoms with Gasteiger partial charge in [-0.15, -0.1) is 5.10 Å². The summed E-state index contributed by atoms with van der Waals surface area (Å²) in [6, 6.07) is 5.11. The van der Waals surface area contributed by atoms with Gasteiger partial charge in [0.1, 0.15) is 11.4 Å². The first kappa shape index (κ1) is 36.7. The smallest absolute Gasteiger partial charge is 0.416 e. The predicted octanol–water partition coefficient (Wildman–Crippen LogP) is 7.52. The van der Waals surface area contributed by atoms with E-state index >= 15 is 0 Å². The Balaban J connectivity index is 1.35. The number of anilines is 2. The van der Waals surface area contributed by atoms with E-state index in [4.69, 9.17) is 9.15 Å². The Morgan fingerprint density at radius 2 is 1.46 bits per heavy atom. The number of urea groups is 1. The molecule has 2 fully saturated rings. The van der Waals surface area contributed by atoms with Crippen molar-refractivity contribution in [3.05, 3.63) is 70.9 Å². The number of carbonyl (C=O) groups excluding carboxylic acids is 2. The standard InChI is InChI=1S/C33H37F7N6O4/c1-31(2,3)50-30(48)45-12-10-20(11-13-45)27-41-42-28(49-27)46-17-25(19-6-8-23(34)9-7-19)26(18-46)44(5)29(47)43(4)24-15-21(32(35,36)37)14-22(16-24)33(38,39)40/h6-9,14-16,20,25-26H,10-13,17-18H2,1-5H3.